The van der Waals surface area contributed by atoms with Crippen LogP contribution in [-0.4, -0.2) is 24.8 Å². The first kappa shape index (κ1) is 19.5. The van der Waals surface area contributed by atoms with Crippen LogP contribution in [-0.2, 0) is 20.7 Å². The second kappa shape index (κ2) is 8.69. The number of carbonyl (C=O) groups is 2. The van der Waals surface area contributed by atoms with Gasteiger partial charge in [-0.2, -0.15) is 0 Å². The van der Waals surface area contributed by atoms with Gasteiger partial charge in [-0.15, -0.1) is 0 Å². The SMILES string of the molecule is C[C@@H](OC(=O)Cc1ccc(-c2ccccc2)cc1)C(=O)Nc1ccc2c(c1)OCO2. The van der Waals surface area contributed by atoms with Crippen molar-refractivity contribution in [2.75, 3.05) is 12.1 Å². The fourth-order valence-electron chi connectivity index (χ4n) is 3.12. The van der Waals surface area contributed by atoms with Crippen molar-refractivity contribution in [1.29, 1.82) is 0 Å². The van der Waals surface area contributed by atoms with Gasteiger partial charge in [0.2, 0.25) is 6.79 Å². The molecule has 152 valence electrons. The summed E-state index contributed by atoms with van der Waals surface area (Å²) in [4.78, 5) is 24.6. The average Bonchev–Trinajstić information content (AvgIpc) is 3.22. The van der Waals surface area contributed by atoms with Crippen molar-refractivity contribution < 1.29 is 23.8 Å². The molecular formula is C24H21NO5. The molecule has 0 unspecified atom stereocenters. The number of rotatable bonds is 6. The molecule has 0 saturated carbocycles. The second-order valence-electron chi connectivity index (χ2n) is 6.93. The minimum absolute atomic E-state index is 0.0940. The minimum atomic E-state index is -0.925. The summed E-state index contributed by atoms with van der Waals surface area (Å²) >= 11 is 0. The molecule has 1 heterocycles. The van der Waals surface area contributed by atoms with Gasteiger partial charge < -0.3 is 19.5 Å². The highest BCUT2D eigenvalue weighted by Crippen LogP contribution is 2.34. The fourth-order valence-corrected chi connectivity index (χ4v) is 3.12. The lowest BCUT2D eigenvalue weighted by molar-refractivity contribution is -0.152. The highest BCUT2D eigenvalue weighted by molar-refractivity contribution is 5.95. The molecule has 4 rings (SSSR count). The van der Waals surface area contributed by atoms with Crippen LogP contribution in [0.3, 0.4) is 0 Å². The van der Waals surface area contributed by atoms with Crippen molar-refractivity contribution in [2.45, 2.75) is 19.4 Å². The third-order valence-corrected chi connectivity index (χ3v) is 4.73. The van der Waals surface area contributed by atoms with Gasteiger partial charge in [-0.3, -0.25) is 9.59 Å². The van der Waals surface area contributed by atoms with Gasteiger partial charge in [0.25, 0.3) is 5.91 Å². The highest BCUT2D eigenvalue weighted by atomic mass is 16.7. The van der Waals surface area contributed by atoms with Crippen molar-refractivity contribution in [1.82, 2.24) is 0 Å². The zero-order valence-electron chi connectivity index (χ0n) is 16.5. The van der Waals surface area contributed by atoms with E-state index < -0.39 is 18.0 Å². The normalized spacial score (nSPS) is 12.8. The van der Waals surface area contributed by atoms with E-state index in [1.165, 1.54) is 0 Å². The van der Waals surface area contributed by atoms with Crippen molar-refractivity contribution in [2.24, 2.45) is 0 Å². The molecule has 3 aromatic carbocycles. The molecule has 0 bridgehead atoms. The van der Waals surface area contributed by atoms with Crippen LogP contribution in [0.1, 0.15) is 12.5 Å². The van der Waals surface area contributed by atoms with E-state index in [0.29, 0.717) is 17.2 Å². The number of nitrogens with one attached hydrogen (secondary N) is 1. The highest BCUT2D eigenvalue weighted by Gasteiger charge is 2.20. The van der Waals surface area contributed by atoms with E-state index >= 15 is 0 Å². The van der Waals surface area contributed by atoms with Gasteiger partial charge in [-0.05, 0) is 35.7 Å². The molecule has 0 saturated heterocycles. The first-order valence-electron chi connectivity index (χ1n) is 9.63. The lowest BCUT2D eigenvalue weighted by atomic mass is 10.0. The van der Waals surface area contributed by atoms with Gasteiger partial charge in [0, 0.05) is 11.8 Å². The maximum atomic E-state index is 12.3. The fraction of sp³-hybridized carbons (Fsp3) is 0.167. The number of esters is 1. The summed E-state index contributed by atoms with van der Waals surface area (Å²) < 4.78 is 15.8. The van der Waals surface area contributed by atoms with E-state index in [4.69, 9.17) is 14.2 Å². The van der Waals surface area contributed by atoms with Gasteiger partial charge in [0.15, 0.2) is 17.6 Å². The van der Waals surface area contributed by atoms with Crippen LogP contribution in [0.2, 0.25) is 0 Å². The number of hydrogen-bond donors (Lipinski definition) is 1. The minimum Gasteiger partial charge on any atom is -0.454 e. The Kier molecular flexibility index (Phi) is 5.66. The molecule has 1 aliphatic heterocycles. The number of anilines is 1. The van der Waals surface area contributed by atoms with E-state index in [2.05, 4.69) is 5.32 Å². The Bertz CT molecular complexity index is 1050. The van der Waals surface area contributed by atoms with Crippen LogP contribution < -0.4 is 14.8 Å². The Morgan fingerprint density at radius 1 is 0.933 bits per heavy atom. The number of amides is 1. The average molecular weight is 403 g/mol. The van der Waals surface area contributed by atoms with E-state index in [9.17, 15) is 9.59 Å². The smallest absolute Gasteiger partial charge is 0.311 e. The summed E-state index contributed by atoms with van der Waals surface area (Å²) in [5, 5.41) is 2.71. The van der Waals surface area contributed by atoms with Gasteiger partial charge >= 0.3 is 5.97 Å². The zero-order chi connectivity index (χ0) is 20.9. The van der Waals surface area contributed by atoms with Gasteiger partial charge in [0.05, 0.1) is 6.42 Å². The molecule has 0 fully saturated rings. The van der Waals surface area contributed by atoms with E-state index in [1.54, 1.807) is 25.1 Å². The Morgan fingerprint density at radius 2 is 1.63 bits per heavy atom. The summed E-state index contributed by atoms with van der Waals surface area (Å²) in [6, 6.07) is 22.8. The van der Waals surface area contributed by atoms with Crippen LogP contribution in [0.25, 0.3) is 11.1 Å². The second-order valence-corrected chi connectivity index (χ2v) is 6.93. The Labute approximate surface area is 174 Å². The van der Waals surface area contributed by atoms with Gasteiger partial charge in [-0.25, -0.2) is 0 Å². The molecule has 1 amide bonds. The predicted octanol–water partition coefficient (Wildman–Crippen LogP) is 4.20. The summed E-state index contributed by atoms with van der Waals surface area (Å²) in [6.07, 6.45) is -0.831. The van der Waals surface area contributed by atoms with Gasteiger partial charge in [0.1, 0.15) is 0 Å². The van der Waals surface area contributed by atoms with E-state index in [1.807, 2.05) is 54.6 Å². The lowest BCUT2D eigenvalue weighted by Gasteiger charge is -2.14. The van der Waals surface area contributed by atoms with E-state index in [-0.39, 0.29) is 13.2 Å². The molecule has 30 heavy (non-hydrogen) atoms. The van der Waals surface area contributed by atoms with Crippen LogP contribution in [0.5, 0.6) is 11.5 Å². The molecule has 3 aromatic rings. The summed E-state index contributed by atoms with van der Waals surface area (Å²) in [5.41, 5.74) is 3.55. The monoisotopic (exact) mass is 403 g/mol. The Balaban J connectivity index is 1.30. The maximum Gasteiger partial charge on any atom is 0.311 e. The summed E-state index contributed by atoms with van der Waals surface area (Å²) in [6.45, 7) is 1.70. The molecule has 6 nitrogen and oxygen atoms in total. The number of carbonyl (C=O) groups excluding carboxylic acids is 2. The molecule has 1 atom stereocenters. The third-order valence-electron chi connectivity index (χ3n) is 4.73. The largest absolute Gasteiger partial charge is 0.454 e. The number of benzene rings is 3. The molecule has 0 aromatic heterocycles. The standard InChI is InChI=1S/C24H21NO5/c1-16(24(27)25-20-11-12-21-22(14-20)29-15-28-21)30-23(26)13-17-7-9-19(10-8-17)18-5-3-2-4-6-18/h2-12,14,16H,13,15H2,1H3,(H,25,27)/t16-/m1/s1. The quantitative estimate of drug-likeness (QED) is 0.625. The number of ether oxygens (including phenoxy) is 3. The van der Waals surface area contributed by atoms with E-state index in [0.717, 1.165) is 16.7 Å². The molecule has 1 aliphatic rings. The van der Waals surface area contributed by atoms with Crippen LogP contribution in [0, 0.1) is 0 Å². The Hall–Kier alpha value is -3.80. The molecule has 6 heteroatoms. The van der Waals surface area contributed by atoms with Gasteiger partial charge in [-0.1, -0.05) is 54.6 Å². The first-order valence-corrected chi connectivity index (χ1v) is 9.63. The van der Waals surface area contributed by atoms with Crippen molar-refractivity contribution in [3.05, 3.63) is 78.4 Å². The summed E-state index contributed by atoms with van der Waals surface area (Å²) in [7, 11) is 0. The molecule has 1 N–H and O–H groups in total. The van der Waals surface area contributed by atoms with Crippen LogP contribution in [0.4, 0.5) is 5.69 Å². The molecule has 0 spiro atoms. The molecule has 0 aliphatic carbocycles. The first-order chi connectivity index (χ1) is 14.6. The topological polar surface area (TPSA) is 73.9 Å². The van der Waals surface area contributed by atoms with Crippen LogP contribution >= 0.6 is 0 Å². The van der Waals surface area contributed by atoms with Crippen molar-refractivity contribution in [3.63, 3.8) is 0 Å². The number of fused-ring (bicyclic) bond motifs is 1. The number of hydrogen-bond acceptors (Lipinski definition) is 5. The predicted molar refractivity (Wildman–Crippen MR) is 112 cm³/mol. The third kappa shape index (κ3) is 4.60. The zero-order valence-corrected chi connectivity index (χ0v) is 16.5. The lowest BCUT2D eigenvalue weighted by Crippen LogP contribution is -2.30. The Morgan fingerprint density at radius 3 is 2.40 bits per heavy atom. The molecule has 0 radical (unpaired) electrons. The van der Waals surface area contributed by atoms with Crippen molar-refractivity contribution in [3.8, 4) is 22.6 Å². The maximum absolute atomic E-state index is 12.3. The molecular weight excluding hydrogens is 382 g/mol. The van der Waals surface area contributed by atoms with Crippen molar-refractivity contribution >= 4 is 17.6 Å². The van der Waals surface area contributed by atoms with Crippen LogP contribution in [0.15, 0.2) is 72.8 Å². The summed E-state index contributed by atoms with van der Waals surface area (Å²) in [5.74, 6) is 0.319.